The lowest BCUT2D eigenvalue weighted by atomic mass is 9.75. The van der Waals surface area contributed by atoms with Gasteiger partial charge in [-0.2, -0.15) is 0 Å². The Balaban J connectivity index is 1.29. The molecule has 1 saturated carbocycles. The highest BCUT2D eigenvalue weighted by molar-refractivity contribution is 6.01. The molecule has 1 spiro atoms. The number of nitrogens with zero attached hydrogens (tertiary/aromatic N) is 4. The van der Waals surface area contributed by atoms with Gasteiger partial charge in [-0.15, -0.1) is 0 Å². The Labute approximate surface area is 205 Å². The monoisotopic (exact) mass is 470 g/mol. The van der Waals surface area contributed by atoms with Crippen LogP contribution in [0.2, 0.25) is 0 Å². The molecular formula is C28H31FN6. The van der Waals surface area contributed by atoms with Crippen LogP contribution in [0.25, 0.3) is 11.3 Å². The lowest BCUT2D eigenvalue weighted by molar-refractivity contribution is 0.459. The largest absolute Gasteiger partial charge is 0.317 e. The smallest absolute Gasteiger partial charge is 0.229 e. The van der Waals surface area contributed by atoms with E-state index in [0.29, 0.717) is 23.4 Å². The van der Waals surface area contributed by atoms with Crippen LogP contribution in [0.1, 0.15) is 68.1 Å². The number of pyridine rings is 1. The molecule has 3 aliphatic rings. The highest BCUT2D eigenvalue weighted by Gasteiger charge is 2.44. The predicted octanol–water partition coefficient (Wildman–Crippen LogP) is 6.11. The van der Waals surface area contributed by atoms with Crippen molar-refractivity contribution in [2.75, 3.05) is 18.4 Å². The predicted molar refractivity (Wildman–Crippen MR) is 137 cm³/mol. The van der Waals surface area contributed by atoms with Gasteiger partial charge in [-0.25, -0.2) is 19.3 Å². The quantitative estimate of drug-likeness (QED) is 0.481. The van der Waals surface area contributed by atoms with Crippen molar-refractivity contribution in [3.05, 3.63) is 59.2 Å². The molecule has 35 heavy (non-hydrogen) atoms. The van der Waals surface area contributed by atoms with Crippen LogP contribution in [-0.2, 0) is 5.41 Å². The molecule has 1 aliphatic carbocycles. The van der Waals surface area contributed by atoms with Crippen LogP contribution in [0.4, 0.5) is 21.8 Å². The van der Waals surface area contributed by atoms with E-state index < -0.39 is 5.82 Å². The van der Waals surface area contributed by atoms with Crippen LogP contribution in [0.3, 0.4) is 0 Å². The normalized spacial score (nSPS) is 19.1. The fourth-order valence-electron chi connectivity index (χ4n) is 6.13. The zero-order valence-corrected chi connectivity index (χ0v) is 20.4. The van der Waals surface area contributed by atoms with Crippen LogP contribution < -0.4 is 10.6 Å². The molecule has 4 heterocycles. The van der Waals surface area contributed by atoms with E-state index in [0.717, 1.165) is 55.6 Å². The minimum Gasteiger partial charge on any atom is -0.317 e. The van der Waals surface area contributed by atoms with Crippen molar-refractivity contribution in [1.29, 1.82) is 0 Å². The van der Waals surface area contributed by atoms with Gasteiger partial charge < -0.3 is 10.6 Å². The first-order chi connectivity index (χ1) is 17.0. The summed E-state index contributed by atoms with van der Waals surface area (Å²) in [6, 6.07) is 8.16. The Kier molecular flexibility index (Phi) is 5.60. The molecule has 7 heteroatoms. The third-order valence-electron chi connectivity index (χ3n) is 8.10. The highest BCUT2D eigenvalue weighted by Crippen LogP contribution is 2.52. The van der Waals surface area contributed by atoms with Gasteiger partial charge in [-0.1, -0.05) is 18.9 Å². The van der Waals surface area contributed by atoms with Crippen LogP contribution in [0.5, 0.6) is 0 Å². The Bertz CT molecular complexity index is 1290. The second-order valence-corrected chi connectivity index (χ2v) is 10.2. The third kappa shape index (κ3) is 3.92. The number of aromatic nitrogens is 3. The van der Waals surface area contributed by atoms with E-state index in [1.807, 2.05) is 18.3 Å². The minimum atomic E-state index is -0.430. The average Bonchev–Trinajstić information content (AvgIpc) is 3.48. The lowest BCUT2D eigenvalue weighted by Gasteiger charge is -2.26. The van der Waals surface area contributed by atoms with Gasteiger partial charge in [0.1, 0.15) is 11.5 Å². The number of nitrogens with one attached hydrogen (secondary N) is 2. The lowest BCUT2D eigenvalue weighted by Crippen LogP contribution is -2.27. The zero-order chi connectivity index (χ0) is 24.0. The summed E-state index contributed by atoms with van der Waals surface area (Å²) in [6.07, 6.45) is 10.0. The van der Waals surface area contributed by atoms with Crippen molar-refractivity contribution in [1.82, 2.24) is 20.3 Å². The Morgan fingerprint density at radius 1 is 1.03 bits per heavy atom. The minimum absolute atomic E-state index is 0.000745. The van der Waals surface area contributed by atoms with Crippen LogP contribution in [0.15, 0.2) is 41.7 Å². The van der Waals surface area contributed by atoms with E-state index in [4.69, 9.17) is 4.99 Å². The van der Waals surface area contributed by atoms with Gasteiger partial charge in [0.15, 0.2) is 5.82 Å². The standard InChI is InChI=1S/C28H31FN6/c1-17-13-21(14-22-25(17)33-18(2)28(22)9-3-4-10-28)26-23(29)16-32-27(35-26)34-24-6-5-20(15-31-24)19-7-11-30-12-8-19/h5-6,13-16,19,30H,3-4,7-12H2,1-2H3,(H,31,32,34,35). The number of fused-ring (bicyclic) bond motifs is 2. The molecule has 6 nitrogen and oxygen atoms in total. The second kappa shape index (κ2) is 8.79. The molecular weight excluding hydrogens is 439 g/mol. The summed E-state index contributed by atoms with van der Waals surface area (Å²) in [7, 11) is 0. The summed E-state index contributed by atoms with van der Waals surface area (Å²) < 4.78 is 15.0. The molecule has 1 saturated heterocycles. The number of aryl methyl sites for hydroxylation is 1. The number of anilines is 2. The van der Waals surface area contributed by atoms with Crippen molar-refractivity contribution in [3.63, 3.8) is 0 Å². The molecule has 2 aliphatic heterocycles. The molecule has 0 amide bonds. The summed E-state index contributed by atoms with van der Waals surface area (Å²) >= 11 is 0. The summed E-state index contributed by atoms with van der Waals surface area (Å²) in [4.78, 5) is 18.2. The maximum atomic E-state index is 15.0. The van der Waals surface area contributed by atoms with Gasteiger partial charge in [0, 0.05) is 22.9 Å². The van der Waals surface area contributed by atoms with Crippen LogP contribution in [0, 0.1) is 12.7 Å². The highest BCUT2D eigenvalue weighted by atomic mass is 19.1. The van der Waals surface area contributed by atoms with Gasteiger partial charge in [-0.3, -0.25) is 4.99 Å². The molecule has 0 atom stereocenters. The molecule has 1 aromatic carbocycles. The summed E-state index contributed by atoms with van der Waals surface area (Å²) in [5, 5.41) is 6.56. The molecule has 3 aromatic rings. The third-order valence-corrected chi connectivity index (χ3v) is 8.10. The van der Waals surface area contributed by atoms with E-state index in [9.17, 15) is 4.39 Å². The first kappa shape index (κ1) is 22.3. The fraction of sp³-hybridized carbons (Fsp3) is 0.429. The first-order valence-corrected chi connectivity index (χ1v) is 12.7. The van der Waals surface area contributed by atoms with Gasteiger partial charge >= 0.3 is 0 Å². The molecule has 0 radical (unpaired) electrons. The topological polar surface area (TPSA) is 75.1 Å². The zero-order valence-electron chi connectivity index (χ0n) is 20.4. The SMILES string of the molecule is CC1=Nc2c(C)cc(-c3nc(Nc4ccc(C5CCNCC5)cn4)ncc3F)cc2C12CCCC2. The van der Waals surface area contributed by atoms with Gasteiger partial charge in [0.2, 0.25) is 5.95 Å². The van der Waals surface area contributed by atoms with Crippen LogP contribution >= 0.6 is 0 Å². The molecule has 0 unspecified atom stereocenters. The van der Waals surface area contributed by atoms with E-state index in [1.165, 1.54) is 35.9 Å². The number of aliphatic imine (C=N–C) groups is 1. The summed E-state index contributed by atoms with van der Waals surface area (Å²) in [5.74, 6) is 1.11. The number of piperidine rings is 1. The number of benzene rings is 1. The Morgan fingerprint density at radius 3 is 2.57 bits per heavy atom. The van der Waals surface area contributed by atoms with Gasteiger partial charge in [0.05, 0.1) is 11.9 Å². The molecule has 180 valence electrons. The van der Waals surface area contributed by atoms with Gasteiger partial charge in [-0.05, 0) is 93.4 Å². The van der Waals surface area contributed by atoms with Crippen molar-refractivity contribution < 1.29 is 4.39 Å². The van der Waals surface area contributed by atoms with E-state index in [-0.39, 0.29) is 5.41 Å². The number of rotatable bonds is 4. The maximum absolute atomic E-state index is 15.0. The summed E-state index contributed by atoms with van der Waals surface area (Å²) in [6.45, 7) is 6.29. The van der Waals surface area contributed by atoms with Crippen molar-refractivity contribution in [2.24, 2.45) is 4.99 Å². The summed E-state index contributed by atoms with van der Waals surface area (Å²) in [5.41, 5.74) is 6.86. The maximum Gasteiger partial charge on any atom is 0.229 e. The van der Waals surface area contributed by atoms with Crippen LogP contribution in [-0.4, -0.2) is 33.8 Å². The Hall–Kier alpha value is -3.19. The average molecular weight is 471 g/mol. The fourth-order valence-corrected chi connectivity index (χ4v) is 6.13. The Morgan fingerprint density at radius 2 is 1.83 bits per heavy atom. The van der Waals surface area contributed by atoms with Crippen molar-refractivity contribution >= 4 is 23.2 Å². The molecule has 2 aromatic heterocycles. The molecule has 2 fully saturated rings. The van der Waals surface area contributed by atoms with Gasteiger partial charge in [0.25, 0.3) is 0 Å². The number of halogens is 1. The number of hydrogen-bond donors (Lipinski definition) is 2. The number of hydrogen-bond acceptors (Lipinski definition) is 6. The van der Waals surface area contributed by atoms with E-state index in [1.54, 1.807) is 0 Å². The molecule has 0 bridgehead atoms. The van der Waals surface area contributed by atoms with E-state index in [2.05, 4.69) is 51.6 Å². The second-order valence-electron chi connectivity index (χ2n) is 10.2. The van der Waals surface area contributed by atoms with Crippen molar-refractivity contribution in [2.45, 2.75) is 63.7 Å². The van der Waals surface area contributed by atoms with E-state index >= 15 is 0 Å². The molecule has 6 rings (SSSR count). The van der Waals surface area contributed by atoms with Crippen molar-refractivity contribution in [3.8, 4) is 11.3 Å². The first-order valence-electron chi connectivity index (χ1n) is 12.7. The molecule has 2 N–H and O–H groups in total.